The van der Waals surface area contributed by atoms with E-state index < -0.39 is 10.0 Å². The van der Waals surface area contributed by atoms with Crippen molar-refractivity contribution in [2.75, 3.05) is 5.73 Å². The highest BCUT2D eigenvalue weighted by Gasteiger charge is 2.28. The number of anilines is 1. The van der Waals surface area contributed by atoms with Gasteiger partial charge in [0.2, 0.25) is 10.0 Å². The molecular weight excluding hydrogens is 326 g/mol. The molecule has 24 heavy (non-hydrogen) atoms. The van der Waals surface area contributed by atoms with Gasteiger partial charge in [-0.25, -0.2) is 13.1 Å². The minimum absolute atomic E-state index is 0.0848. The van der Waals surface area contributed by atoms with Crippen LogP contribution >= 0.6 is 0 Å². The number of nitrogens with zero attached hydrogens (tertiary/aromatic N) is 3. The van der Waals surface area contributed by atoms with Crippen molar-refractivity contribution < 1.29 is 8.42 Å². The molecule has 0 unspecified atom stereocenters. The predicted octanol–water partition coefficient (Wildman–Crippen LogP) is 1.88. The SMILES string of the molecule is CCc1cc(N)ccc1S(=O)(=O)N[C@H]1CCC[C@@H](n2cnnc2)C1. The molecule has 2 atom stereocenters. The summed E-state index contributed by atoms with van der Waals surface area (Å²) in [6.45, 7) is 1.93. The zero-order valence-corrected chi connectivity index (χ0v) is 14.5. The number of nitrogen functional groups attached to an aromatic ring is 1. The van der Waals surface area contributed by atoms with Crippen LogP contribution in [0.2, 0.25) is 0 Å². The van der Waals surface area contributed by atoms with Crippen LogP contribution in [0.5, 0.6) is 0 Å². The molecule has 7 nitrogen and oxygen atoms in total. The predicted molar refractivity (Wildman–Crippen MR) is 91.9 cm³/mol. The molecule has 0 radical (unpaired) electrons. The summed E-state index contributed by atoms with van der Waals surface area (Å²) >= 11 is 0. The van der Waals surface area contributed by atoms with Crippen LogP contribution in [-0.2, 0) is 16.4 Å². The first-order valence-electron chi connectivity index (χ1n) is 8.24. The molecule has 3 N–H and O–H groups in total. The monoisotopic (exact) mass is 349 g/mol. The van der Waals surface area contributed by atoms with Gasteiger partial charge in [-0.1, -0.05) is 6.92 Å². The quantitative estimate of drug-likeness (QED) is 0.802. The van der Waals surface area contributed by atoms with Gasteiger partial charge in [0.05, 0.1) is 4.90 Å². The normalized spacial score (nSPS) is 21.7. The molecule has 0 spiro atoms. The Bertz CT molecular complexity index is 789. The van der Waals surface area contributed by atoms with Crippen LogP contribution in [0.3, 0.4) is 0 Å². The second-order valence-corrected chi connectivity index (χ2v) is 7.95. The third kappa shape index (κ3) is 3.59. The van der Waals surface area contributed by atoms with Crippen LogP contribution in [0.15, 0.2) is 35.7 Å². The van der Waals surface area contributed by atoms with E-state index in [1.165, 1.54) is 0 Å². The Labute approximate surface area is 142 Å². The van der Waals surface area contributed by atoms with E-state index in [4.69, 9.17) is 5.73 Å². The molecule has 0 aliphatic heterocycles. The van der Waals surface area contributed by atoms with E-state index in [2.05, 4.69) is 14.9 Å². The van der Waals surface area contributed by atoms with Crippen molar-refractivity contribution in [2.45, 2.75) is 56.0 Å². The van der Waals surface area contributed by atoms with Crippen molar-refractivity contribution >= 4 is 15.7 Å². The summed E-state index contributed by atoms with van der Waals surface area (Å²) in [6, 6.07) is 5.11. The van der Waals surface area contributed by atoms with Gasteiger partial charge in [0.15, 0.2) is 0 Å². The number of hydrogen-bond donors (Lipinski definition) is 2. The number of benzene rings is 1. The number of rotatable bonds is 5. The van der Waals surface area contributed by atoms with Crippen molar-refractivity contribution in [1.29, 1.82) is 0 Å². The fraction of sp³-hybridized carbons (Fsp3) is 0.500. The van der Waals surface area contributed by atoms with Gasteiger partial charge < -0.3 is 10.3 Å². The van der Waals surface area contributed by atoms with Gasteiger partial charge in [-0.05, 0) is 55.9 Å². The summed E-state index contributed by atoms with van der Waals surface area (Å²) in [6.07, 6.45) is 7.57. The standard InChI is InChI=1S/C16H23N5O2S/c1-2-12-8-13(17)6-7-16(12)24(22,23)20-14-4-3-5-15(9-14)21-10-18-19-11-21/h6-8,10-11,14-15,20H,2-5,9,17H2,1H3/t14-,15+/m0/s1. The van der Waals surface area contributed by atoms with Crippen molar-refractivity contribution in [3.63, 3.8) is 0 Å². The van der Waals surface area contributed by atoms with Crippen molar-refractivity contribution in [1.82, 2.24) is 19.5 Å². The highest BCUT2D eigenvalue weighted by atomic mass is 32.2. The summed E-state index contributed by atoms with van der Waals surface area (Å²) in [5, 5.41) is 7.68. The van der Waals surface area contributed by atoms with E-state index in [0.717, 1.165) is 31.2 Å². The molecule has 1 aromatic carbocycles. The highest BCUT2D eigenvalue weighted by molar-refractivity contribution is 7.89. The van der Waals surface area contributed by atoms with Crippen LogP contribution in [0.4, 0.5) is 5.69 Å². The molecule has 1 fully saturated rings. The number of nitrogens with one attached hydrogen (secondary N) is 1. The Hall–Kier alpha value is -1.93. The number of aryl methyl sites for hydroxylation is 1. The number of hydrogen-bond acceptors (Lipinski definition) is 5. The Kier molecular flexibility index (Phi) is 4.86. The Morgan fingerprint density at radius 1 is 1.29 bits per heavy atom. The second-order valence-electron chi connectivity index (χ2n) is 6.27. The van der Waals surface area contributed by atoms with E-state index in [0.29, 0.717) is 17.0 Å². The lowest BCUT2D eigenvalue weighted by molar-refractivity contribution is 0.305. The molecular formula is C16H23N5O2S. The average molecular weight is 349 g/mol. The first-order chi connectivity index (χ1) is 11.5. The van der Waals surface area contributed by atoms with Gasteiger partial charge in [-0.15, -0.1) is 10.2 Å². The van der Waals surface area contributed by atoms with Crippen LogP contribution in [0, 0.1) is 0 Å². The summed E-state index contributed by atoms with van der Waals surface area (Å²) in [5.41, 5.74) is 7.10. The van der Waals surface area contributed by atoms with Gasteiger partial charge >= 0.3 is 0 Å². The summed E-state index contributed by atoms with van der Waals surface area (Å²) in [7, 11) is -3.56. The van der Waals surface area contributed by atoms with Gasteiger partial charge in [-0.2, -0.15) is 0 Å². The molecule has 2 aromatic rings. The molecule has 1 aliphatic carbocycles. The van der Waals surface area contributed by atoms with Gasteiger partial charge in [0, 0.05) is 17.8 Å². The number of sulfonamides is 1. The fourth-order valence-corrected chi connectivity index (χ4v) is 4.94. The zero-order chi connectivity index (χ0) is 17.2. The Morgan fingerprint density at radius 3 is 2.75 bits per heavy atom. The number of nitrogens with two attached hydrogens (primary N) is 1. The lowest BCUT2D eigenvalue weighted by Gasteiger charge is -2.30. The molecule has 0 saturated heterocycles. The maximum atomic E-state index is 12.8. The van der Waals surface area contributed by atoms with Crippen LogP contribution in [-0.4, -0.2) is 29.2 Å². The van der Waals surface area contributed by atoms with E-state index >= 15 is 0 Å². The van der Waals surface area contributed by atoms with Gasteiger partial charge in [-0.3, -0.25) is 0 Å². The molecule has 3 rings (SSSR count). The lowest BCUT2D eigenvalue weighted by Crippen LogP contribution is -2.39. The maximum Gasteiger partial charge on any atom is 0.241 e. The lowest BCUT2D eigenvalue weighted by atomic mass is 9.91. The molecule has 0 bridgehead atoms. The molecule has 1 saturated carbocycles. The first-order valence-corrected chi connectivity index (χ1v) is 9.72. The van der Waals surface area contributed by atoms with Gasteiger partial charge in [0.25, 0.3) is 0 Å². The average Bonchev–Trinajstić information content (AvgIpc) is 3.08. The van der Waals surface area contributed by atoms with Crippen molar-refractivity contribution in [2.24, 2.45) is 0 Å². The fourth-order valence-electron chi connectivity index (χ4n) is 3.36. The molecule has 8 heteroatoms. The van der Waals surface area contributed by atoms with Crippen molar-refractivity contribution in [3.05, 3.63) is 36.4 Å². The molecule has 0 amide bonds. The van der Waals surface area contributed by atoms with Crippen LogP contribution in [0.25, 0.3) is 0 Å². The third-order valence-corrected chi connectivity index (χ3v) is 6.20. The van der Waals surface area contributed by atoms with Crippen LogP contribution < -0.4 is 10.5 Å². The second kappa shape index (κ2) is 6.90. The first kappa shape index (κ1) is 16.9. The zero-order valence-electron chi connectivity index (χ0n) is 13.7. The van der Waals surface area contributed by atoms with Gasteiger partial charge in [0.1, 0.15) is 12.7 Å². The van der Waals surface area contributed by atoms with E-state index in [1.54, 1.807) is 30.9 Å². The minimum atomic E-state index is -3.56. The van der Waals surface area contributed by atoms with Crippen molar-refractivity contribution in [3.8, 4) is 0 Å². The summed E-state index contributed by atoms with van der Waals surface area (Å²) in [4.78, 5) is 0.325. The van der Waals surface area contributed by atoms with E-state index in [-0.39, 0.29) is 12.1 Å². The largest absolute Gasteiger partial charge is 0.399 e. The summed E-state index contributed by atoms with van der Waals surface area (Å²) in [5.74, 6) is 0. The molecule has 1 aliphatic rings. The molecule has 130 valence electrons. The third-order valence-electron chi connectivity index (χ3n) is 4.58. The maximum absolute atomic E-state index is 12.8. The Morgan fingerprint density at radius 2 is 2.04 bits per heavy atom. The smallest absolute Gasteiger partial charge is 0.241 e. The molecule has 1 aromatic heterocycles. The Balaban J connectivity index is 1.77. The topological polar surface area (TPSA) is 103 Å². The summed E-state index contributed by atoms with van der Waals surface area (Å²) < 4.78 is 30.4. The highest BCUT2D eigenvalue weighted by Crippen LogP contribution is 2.29. The van der Waals surface area contributed by atoms with Crippen LogP contribution in [0.1, 0.15) is 44.2 Å². The number of aromatic nitrogens is 3. The van der Waals surface area contributed by atoms with E-state index in [9.17, 15) is 8.42 Å². The molecule has 1 heterocycles. The van der Waals surface area contributed by atoms with E-state index in [1.807, 2.05) is 11.5 Å². The minimum Gasteiger partial charge on any atom is -0.399 e.